The summed E-state index contributed by atoms with van der Waals surface area (Å²) in [6, 6.07) is 18.5. The van der Waals surface area contributed by atoms with Gasteiger partial charge in [0, 0.05) is 24.8 Å². The molecule has 3 N–H and O–H groups in total. The summed E-state index contributed by atoms with van der Waals surface area (Å²) in [5.74, 6) is 4.06. The van der Waals surface area contributed by atoms with Crippen LogP contribution in [0, 0.1) is 5.92 Å². The third-order valence-electron chi connectivity index (χ3n) is 7.97. The minimum atomic E-state index is 0.347. The maximum absolute atomic E-state index is 9.88. The number of ether oxygens (including phenoxy) is 3. The van der Waals surface area contributed by atoms with Gasteiger partial charge in [0.25, 0.3) is 0 Å². The number of fused-ring (bicyclic) bond motifs is 1. The fourth-order valence-electron chi connectivity index (χ4n) is 5.53. The van der Waals surface area contributed by atoms with E-state index in [0.717, 1.165) is 80.6 Å². The number of benzene rings is 3. The molecule has 1 unspecified atom stereocenters. The second-order valence-corrected chi connectivity index (χ2v) is 10.9. The van der Waals surface area contributed by atoms with Crippen molar-refractivity contribution in [2.45, 2.75) is 50.9 Å². The summed E-state index contributed by atoms with van der Waals surface area (Å²) in [7, 11) is 3.37. The number of hydrogen-bond acceptors (Lipinski definition) is 6. The first-order chi connectivity index (χ1) is 19.1. The van der Waals surface area contributed by atoms with Gasteiger partial charge < -0.3 is 30.0 Å². The predicted molar refractivity (Wildman–Crippen MR) is 157 cm³/mol. The van der Waals surface area contributed by atoms with E-state index in [0.29, 0.717) is 18.3 Å². The van der Waals surface area contributed by atoms with E-state index in [9.17, 15) is 5.11 Å². The van der Waals surface area contributed by atoms with Gasteiger partial charge in [0.05, 0.1) is 14.2 Å². The molecule has 3 aromatic rings. The Balaban J connectivity index is 1.15. The van der Waals surface area contributed by atoms with Crippen LogP contribution in [0.25, 0.3) is 0 Å². The van der Waals surface area contributed by atoms with Crippen molar-refractivity contribution < 1.29 is 19.3 Å². The summed E-state index contributed by atoms with van der Waals surface area (Å²) in [6.07, 6.45) is 7.71. The topological polar surface area (TPSA) is 72.0 Å². The summed E-state index contributed by atoms with van der Waals surface area (Å²) in [6.45, 7) is 3.60. The molecule has 5 rings (SSSR count). The third kappa shape index (κ3) is 7.39. The Morgan fingerprint density at radius 1 is 0.872 bits per heavy atom. The first-order valence-corrected chi connectivity index (χ1v) is 14.4. The van der Waals surface area contributed by atoms with Crippen molar-refractivity contribution in [3.05, 3.63) is 76.9 Å². The number of phenols is 1. The van der Waals surface area contributed by atoms with Crippen LogP contribution in [0.3, 0.4) is 0 Å². The van der Waals surface area contributed by atoms with Crippen molar-refractivity contribution in [1.29, 1.82) is 0 Å². The highest BCUT2D eigenvalue weighted by Gasteiger charge is 2.24. The predicted octanol–water partition coefficient (Wildman–Crippen LogP) is 6.11. The minimum Gasteiger partial charge on any atom is -0.508 e. The van der Waals surface area contributed by atoms with Gasteiger partial charge in [-0.2, -0.15) is 0 Å². The lowest BCUT2D eigenvalue weighted by Gasteiger charge is -2.28. The molecule has 3 aromatic carbocycles. The largest absolute Gasteiger partial charge is 0.508 e. The standard InChI is InChI=1S/C33H42N2O4/c1-37-32-20-30(27-10-9-26-19-28(36)12-11-25(26)18-27)31(21-33(32)38-2)35-15-3-4-23-7-13-29(14-8-23)39-17-16-34-22-24-5-6-24/h7-8,11-14,19-21,24,27,34-36H,3-6,9-10,15-18,22H2,1-2H3. The number of hydrogen-bond donors (Lipinski definition) is 3. The highest BCUT2D eigenvalue weighted by atomic mass is 16.5. The van der Waals surface area contributed by atoms with Crippen LogP contribution >= 0.6 is 0 Å². The molecule has 2 aliphatic rings. The Morgan fingerprint density at radius 2 is 1.67 bits per heavy atom. The Bertz CT molecular complexity index is 1220. The minimum absolute atomic E-state index is 0.347. The molecular weight excluding hydrogens is 488 g/mol. The summed E-state index contributed by atoms with van der Waals surface area (Å²) in [5.41, 5.74) is 6.25. The monoisotopic (exact) mass is 530 g/mol. The van der Waals surface area contributed by atoms with Crippen LogP contribution in [0.1, 0.15) is 53.9 Å². The summed E-state index contributed by atoms with van der Waals surface area (Å²) >= 11 is 0. The summed E-state index contributed by atoms with van der Waals surface area (Å²) in [5, 5.41) is 17.0. The Hall–Kier alpha value is -3.38. The van der Waals surface area contributed by atoms with Crippen LogP contribution in [0.5, 0.6) is 23.0 Å². The van der Waals surface area contributed by atoms with Crippen molar-refractivity contribution in [1.82, 2.24) is 5.32 Å². The fourth-order valence-corrected chi connectivity index (χ4v) is 5.53. The average Bonchev–Trinajstić information content (AvgIpc) is 3.79. The normalized spacial score (nSPS) is 16.4. The van der Waals surface area contributed by atoms with Crippen LogP contribution in [0.2, 0.25) is 0 Å². The molecule has 0 aromatic heterocycles. The van der Waals surface area contributed by atoms with Crippen LogP contribution in [0.4, 0.5) is 5.69 Å². The van der Waals surface area contributed by atoms with E-state index in [2.05, 4.69) is 53.1 Å². The number of anilines is 1. The first kappa shape index (κ1) is 27.2. The molecule has 0 aliphatic heterocycles. The van der Waals surface area contributed by atoms with E-state index >= 15 is 0 Å². The van der Waals surface area contributed by atoms with Gasteiger partial charge in [-0.05, 0) is 116 Å². The molecule has 6 nitrogen and oxygen atoms in total. The second-order valence-electron chi connectivity index (χ2n) is 10.9. The highest BCUT2D eigenvalue weighted by Crippen LogP contribution is 2.42. The molecule has 39 heavy (non-hydrogen) atoms. The number of aromatic hydroxyl groups is 1. The van der Waals surface area contributed by atoms with Crippen LogP contribution in [0.15, 0.2) is 54.6 Å². The molecule has 2 aliphatic carbocycles. The molecule has 0 heterocycles. The zero-order chi connectivity index (χ0) is 27.0. The highest BCUT2D eigenvalue weighted by molar-refractivity contribution is 5.62. The zero-order valence-electron chi connectivity index (χ0n) is 23.3. The van der Waals surface area contributed by atoms with E-state index < -0.39 is 0 Å². The van der Waals surface area contributed by atoms with E-state index in [1.165, 1.54) is 35.1 Å². The van der Waals surface area contributed by atoms with Crippen molar-refractivity contribution in [2.75, 3.05) is 45.8 Å². The third-order valence-corrected chi connectivity index (χ3v) is 7.97. The maximum Gasteiger partial charge on any atom is 0.162 e. The quantitative estimate of drug-likeness (QED) is 0.219. The SMILES string of the molecule is COc1cc(NCCCc2ccc(OCCNCC3CC3)cc2)c(C2CCc3cc(O)ccc3C2)cc1OC. The number of aryl methyl sites for hydroxylation is 2. The summed E-state index contributed by atoms with van der Waals surface area (Å²) < 4.78 is 17.1. The molecule has 1 atom stereocenters. The van der Waals surface area contributed by atoms with Gasteiger partial charge >= 0.3 is 0 Å². The lowest BCUT2D eigenvalue weighted by molar-refractivity contribution is 0.313. The van der Waals surface area contributed by atoms with E-state index in [1.54, 1.807) is 20.3 Å². The van der Waals surface area contributed by atoms with Crippen molar-refractivity contribution in [3.63, 3.8) is 0 Å². The molecule has 6 heteroatoms. The molecule has 0 amide bonds. The molecule has 0 spiro atoms. The van der Waals surface area contributed by atoms with Gasteiger partial charge in [-0.3, -0.25) is 0 Å². The van der Waals surface area contributed by atoms with Gasteiger partial charge in [-0.1, -0.05) is 18.2 Å². The van der Waals surface area contributed by atoms with E-state index in [4.69, 9.17) is 14.2 Å². The second kappa shape index (κ2) is 13.1. The molecular formula is C33H42N2O4. The number of methoxy groups -OCH3 is 2. The lowest BCUT2D eigenvalue weighted by atomic mass is 9.79. The first-order valence-electron chi connectivity index (χ1n) is 14.4. The van der Waals surface area contributed by atoms with Crippen molar-refractivity contribution in [3.8, 4) is 23.0 Å². The molecule has 0 bridgehead atoms. The molecule has 0 radical (unpaired) electrons. The van der Waals surface area contributed by atoms with E-state index in [-0.39, 0.29) is 0 Å². The van der Waals surface area contributed by atoms with Crippen molar-refractivity contribution >= 4 is 5.69 Å². The van der Waals surface area contributed by atoms with Gasteiger partial charge in [-0.25, -0.2) is 0 Å². The smallest absolute Gasteiger partial charge is 0.162 e. The number of nitrogens with one attached hydrogen (secondary N) is 2. The van der Waals surface area contributed by atoms with Crippen molar-refractivity contribution in [2.24, 2.45) is 5.92 Å². The van der Waals surface area contributed by atoms with Gasteiger partial charge in [0.2, 0.25) is 0 Å². The van der Waals surface area contributed by atoms with Gasteiger partial charge in [0.15, 0.2) is 11.5 Å². The molecule has 208 valence electrons. The molecule has 0 saturated heterocycles. The lowest BCUT2D eigenvalue weighted by Crippen LogP contribution is -2.23. The fraction of sp³-hybridized carbons (Fsp3) is 0.455. The van der Waals surface area contributed by atoms with Crippen LogP contribution < -0.4 is 24.8 Å². The summed E-state index contributed by atoms with van der Waals surface area (Å²) in [4.78, 5) is 0. The average molecular weight is 531 g/mol. The molecule has 1 fully saturated rings. The Morgan fingerprint density at radius 3 is 2.44 bits per heavy atom. The van der Waals surface area contributed by atoms with E-state index in [1.807, 2.05) is 6.07 Å². The van der Waals surface area contributed by atoms with Gasteiger partial charge in [-0.15, -0.1) is 0 Å². The Labute approximate surface area is 232 Å². The number of rotatable bonds is 14. The van der Waals surface area contributed by atoms with Crippen LogP contribution in [-0.2, 0) is 19.3 Å². The van der Waals surface area contributed by atoms with Crippen LogP contribution in [-0.4, -0.2) is 45.6 Å². The van der Waals surface area contributed by atoms with Gasteiger partial charge in [0.1, 0.15) is 18.1 Å². The Kier molecular flexibility index (Phi) is 9.15. The molecule has 1 saturated carbocycles. The number of phenolic OH excluding ortho intramolecular Hbond substituents is 1. The zero-order valence-corrected chi connectivity index (χ0v) is 23.3. The maximum atomic E-state index is 9.88.